The van der Waals surface area contributed by atoms with Crippen LogP contribution >= 0.6 is 0 Å². The Bertz CT molecular complexity index is 685. The van der Waals surface area contributed by atoms with Gasteiger partial charge in [0.15, 0.2) is 0 Å². The van der Waals surface area contributed by atoms with E-state index in [1.165, 1.54) is 5.56 Å². The van der Waals surface area contributed by atoms with E-state index in [4.69, 9.17) is 9.26 Å². The molecule has 1 heterocycles. The Morgan fingerprint density at radius 1 is 1.29 bits per heavy atom. The van der Waals surface area contributed by atoms with Gasteiger partial charge in [0.2, 0.25) is 5.91 Å². The molecule has 0 bridgehead atoms. The molecule has 1 N–H and O–H groups in total. The van der Waals surface area contributed by atoms with E-state index >= 15 is 0 Å². The molecule has 0 atom stereocenters. The summed E-state index contributed by atoms with van der Waals surface area (Å²) in [6.07, 6.45) is 0.281. The second kappa shape index (κ2) is 7.99. The van der Waals surface area contributed by atoms with Gasteiger partial charge in [0.05, 0.1) is 18.7 Å². The molecule has 0 saturated carbocycles. The summed E-state index contributed by atoms with van der Waals surface area (Å²) in [5, 5.41) is 6.74. The van der Waals surface area contributed by atoms with Crippen LogP contribution in [0.1, 0.15) is 47.9 Å². The SMILES string of the molecule is Cc1ccc(C(C)C)c(OCCNC(=O)Cc2c(C)noc2C)c1. The molecule has 2 aromatic rings. The van der Waals surface area contributed by atoms with Crippen LogP contribution in [0.5, 0.6) is 5.75 Å². The number of carbonyl (C=O) groups excluding carboxylic acids is 1. The van der Waals surface area contributed by atoms with E-state index in [1.54, 1.807) is 0 Å². The lowest BCUT2D eigenvalue weighted by Crippen LogP contribution is -2.29. The molecule has 1 aromatic carbocycles. The molecule has 0 aliphatic rings. The summed E-state index contributed by atoms with van der Waals surface area (Å²) >= 11 is 0. The van der Waals surface area contributed by atoms with Crippen molar-refractivity contribution in [3.63, 3.8) is 0 Å². The fourth-order valence-corrected chi connectivity index (χ4v) is 2.57. The van der Waals surface area contributed by atoms with Crippen molar-refractivity contribution >= 4 is 5.91 Å². The van der Waals surface area contributed by atoms with E-state index in [0.29, 0.717) is 24.8 Å². The van der Waals surface area contributed by atoms with Gasteiger partial charge >= 0.3 is 0 Å². The molecule has 0 spiro atoms. The van der Waals surface area contributed by atoms with Crippen molar-refractivity contribution in [2.75, 3.05) is 13.2 Å². The first kappa shape index (κ1) is 18.0. The largest absolute Gasteiger partial charge is 0.491 e. The van der Waals surface area contributed by atoms with Crippen molar-refractivity contribution in [2.24, 2.45) is 0 Å². The van der Waals surface area contributed by atoms with Gasteiger partial charge in [-0.15, -0.1) is 0 Å². The predicted octanol–water partition coefficient (Wildman–Crippen LogP) is 3.46. The number of amides is 1. The third kappa shape index (κ3) is 4.60. The van der Waals surface area contributed by atoms with Gasteiger partial charge in [0.25, 0.3) is 0 Å². The Hall–Kier alpha value is -2.30. The first-order valence-corrected chi connectivity index (χ1v) is 8.30. The molecule has 0 aliphatic carbocycles. The van der Waals surface area contributed by atoms with Crippen molar-refractivity contribution in [1.29, 1.82) is 0 Å². The van der Waals surface area contributed by atoms with Gasteiger partial charge in [0.1, 0.15) is 18.1 Å². The average Bonchev–Trinajstić information content (AvgIpc) is 2.83. The number of aromatic nitrogens is 1. The normalized spacial score (nSPS) is 10.9. The van der Waals surface area contributed by atoms with E-state index in [9.17, 15) is 4.79 Å². The zero-order valence-corrected chi connectivity index (χ0v) is 15.1. The molecule has 0 fully saturated rings. The molecule has 5 heteroatoms. The molecule has 24 heavy (non-hydrogen) atoms. The molecule has 2 rings (SSSR count). The number of hydrogen-bond acceptors (Lipinski definition) is 4. The van der Waals surface area contributed by atoms with Crippen LogP contribution in [0.25, 0.3) is 0 Å². The van der Waals surface area contributed by atoms with Crippen molar-refractivity contribution in [2.45, 2.75) is 47.0 Å². The molecule has 1 aromatic heterocycles. The lowest BCUT2D eigenvalue weighted by Gasteiger charge is -2.15. The number of nitrogens with one attached hydrogen (secondary N) is 1. The number of aryl methyl sites for hydroxylation is 3. The molecular weight excluding hydrogens is 304 g/mol. The summed E-state index contributed by atoms with van der Waals surface area (Å²) in [6, 6.07) is 6.24. The maximum absolute atomic E-state index is 12.0. The fourth-order valence-electron chi connectivity index (χ4n) is 2.57. The highest BCUT2D eigenvalue weighted by Gasteiger charge is 2.13. The van der Waals surface area contributed by atoms with E-state index < -0.39 is 0 Å². The zero-order chi connectivity index (χ0) is 17.7. The number of rotatable bonds is 7. The lowest BCUT2D eigenvalue weighted by molar-refractivity contribution is -0.120. The van der Waals surface area contributed by atoms with Gasteiger partial charge in [-0.1, -0.05) is 31.1 Å². The highest BCUT2D eigenvalue weighted by Crippen LogP contribution is 2.27. The van der Waals surface area contributed by atoms with E-state index in [2.05, 4.69) is 36.5 Å². The van der Waals surface area contributed by atoms with Crippen molar-refractivity contribution in [3.8, 4) is 5.75 Å². The van der Waals surface area contributed by atoms with E-state index in [1.807, 2.05) is 26.8 Å². The van der Waals surface area contributed by atoms with Gasteiger partial charge < -0.3 is 14.6 Å². The van der Waals surface area contributed by atoms with Crippen LogP contribution in [0.3, 0.4) is 0 Å². The summed E-state index contributed by atoms with van der Waals surface area (Å²) in [4.78, 5) is 12.0. The minimum absolute atomic E-state index is 0.0543. The van der Waals surface area contributed by atoms with Crippen LogP contribution in [0.15, 0.2) is 22.7 Å². The third-order valence-corrected chi connectivity index (χ3v) is 3.99. The van der Waals surface area contributed by atoms with Gasteiger partial charge in [-0.3, -0.25) is 4.79 Å². The summed E-state index contributed by atoms with van der Waals surface area (Å²) in [6.45, 7) is 10.9. The molecule has 0 radical (unpaired) electrons. The summed E-state index contributed by atoms with van der Waals surface area (Å²) in [7, 11) is 0. The maximum Gasteiger partial charge on any atom is 0.224 e. The van der Waals surface area contributed by atoms with Crippen LogP contribution in [-0.4, -0.2) is 24.2 Å². The topological polar surface area (TPSA) is 64.4 Å². The Balaban J connectivity index is 1.83. The van der Waals surface area contributed by atoms with Gasteiger partial charge in [0, 0.05) is 5.56 Å². The van der Waals surface area contributed by atoms with Crippen LogP contribution in [0.4, 0.5) is 0 Å². The Kier molecular flexibility index (Phi) is 6.01. The molecule has 0 saturated heterocycles. The Morgan fingerprint density at radius 3 is 2.67 bits per heavy atom. The van der Waals surface area contributed by atoms with Crippen molar-refractivity contribution in [1.82, 2.24) is 10.5 Å². The van der Waals surface area contributed by atoms with Crippen LogP contribution in [0, 0.1) is 20.8 Å². The molecule has 1 amide bonds. The van der Waals surface area contributed by atoms with Crippen molar-refractivity contribution in [3.05, 3.63) is 46.3 Å². The van der Waals surface area contributed by atoms with Gasteiger partial charge in [-0.05, 0) is 43.9 Å². The van der Waals surface area contributed by atoms with E-state index in [0.717, 1.165) is 22.6 Å². The Labute approximate surface area is 143 Å². The molecule has 0 aliphatic heterocycles. The monoisotopic (exact) mass is 330 g/mol. The summed E-state index contributed by atoms with van der Waals surface area (Å²) < 4.78 is 10.9. The third-order valence-electron chi connectivity index (χ3n) is 3.99. The first-order chi connectivity index (χ1) is 11.4. The summed E-state index contributed by atoms with van der Waals surface area (Å²) in [5.74, 6) is 1.93. The second-order valence-electron chi connectivity index (χ2n) is 6.37. The molecular formula is C19H26N2O3. The van der Waals surface area contributed by atoms with Gasteiger partial charge in [-0.2, -0.15) is 0 Å². The van der Waals surface area contributed by atoms with Crippen LogP contribution in [0.2, 0.25) is 0 Å². The average molecular weight is 330 g/mol. The zero-order valence-electron chi connectivity index (χ0n) is 15.1. The molecule has 130 valence electrons. The fraction of sp³-hybridized carbons (Fsp3) is 0.474. The highest BCUT2D eigenvalue weighted by molar-refractivity contribution is 5.78. The highest BCUT2D eigenvalue weighted by atomic mass is 16.5. The lowest BCUT2D eigenvalue weighted by atomic mass is 10.0. The number of benzene rings is 1. The minimum Gasteiger partial charge on any atom is -0.491 e. The number of ether oxygens (including phenoxy) is 1. The number of hydrogen-bond donors (Lipinski definition) is 1. The maximum atomic E-state index is 12.0. The minimum atomic E-state index is -0.0543. The van der Waals surface area contributed by atoms with E-state index in [-0.39, 0.29) is 12.3 Å². The van der Waals surface area contributed by atoms with Gasteiger partial charge in [-0.25, -0.2) is 0 Å². The number of carbonyl (C=O) groups is 1. The first-order valence-electron chi connectivity index (χ1n) is 8.30. The Morgan fingerprint density at radius 2 is 2.04 bits per heavy atom. The molecule has 5 nitrogen and oxygen atoms in total. The second-order valence-corrected chi connectivity index (χ2v) is 6.37. The smallest absolute Gasteiger partial charge is 0.224 e. The standard InChI is InChI=1S/C19H26N2O3/c1-12(2)16-7-6-13(3)10-18(16)23-9-8-20-19(22)11-17-14(4)21-24-15(17)5/h6-7,10,12H,8-9,11H2,1-5H3,(H,20,22). The van der Waals surface area contributed by atoms with Crippen LogP contribution in [-0.2, 0) is 11.2 Å². The van der Waals surface area contributed by atoms with Crippen LogP contribution < -0.4 is 10.1 Å². The number of nitrogens with zero attached hydrogens (tertiary/aromatic N) is 1. The van der Waals surface area contributed by atoms with Crippen molar-refractivity contribution < 1.29 is 14.1 Å². The predicted molar refractivity (Wildman–Crippen MR) is 93.5 cm³/mol. The molecule has 0 unspecified atom stereocenters. The summed E-state index contributed by atoms with van der Waals surface area (Å²) in [5.41, 5.74) is 3.97. The quantitative estimate of drug-likeness (QED) is 0.790.